The zero-order chi connectivity index (χ0) is 61.5. The summed E-state index contributed by atoms with van der Waals surface area (Å²) in [5.41, 5.74) is 19.8. The summed E-state index contributed by atoms with van der Waals surface area (Å²) >= 11 is 0. The lowest BCUT2D eigenvalue weighted by Crippen LogP contribution is -1.93. The van der Waals surface area contributed by atoms with E-state index in [1.54, 1.807) is 0 Å². The first-order chi connectivity index (χ1) is 46.5. The van der Waals surface area contributed by atoms with Gasteiger partial charge in [-0.1, -0.05) is 255 Å². The highest BCUT2D eigenvalue weighted by atomic mass is 16.3. The SMILES string of the molecule is c1cc(-c2ccc3ccccc3c2)cc(-c2c3ccccc3c(-c3ccc4c(c3)oc3cc5ccccc5cc34)c3cc(-c4ccc5c(-c6ccc(-c7cccc8ccccc78)cc6)c6ccccc6c(-c6ccc7c(c6)oc6cc8ccccc8cc67)c5c4)ccc23)c1. The van der Waals surface area contributed by atoms with Gasteiger partial charge in [0.2, 0.25) is 0 Å². The Labute approximate surface area is 541 Å². The molecule has 0 aliphatic carbocycles. The molecule has 0 aliphatic heterocycles. The van der Waals surface area contributed by atoms with Crippen molar-refractivity contribution < 1.29 is 8.83 Å². The second kappa shape index (κ2) is 20.6. The lowest BCUT2D eigenvalue weighted by atomic mass is 9.83. The Kier molecular flexibility index (Phi) is 11.5. The van der Waals surface area contributed by atoms with Crippen molar-refractivity contribution in [2.75, 3.05) is 0 Å². The van der Waals surface area contributed by atoms with Gasteiger partial charge in [-0.25, -0.2) is 0 Å². The van der Waals surface area contributed by atoms with Crippen LogP contribution < -0.4 is 0 Å². The molecule has 0 spiro atoms. The van der Waals surface area contributed by atoms with Crippen LogP contribution in [0.5, 0.6) is 0 Å². The molecule has 0 fully saturated rings. The van der Waals surface area contributed by atoms with Gasteiger partial charge in [0.15, 0.2) is 0 Å². The lowest BCUT2D eigenvalue weighted by molar-refractivity contribution is 0.669. The second-order valence-corrected chi connectivity index (χ2v) is 25.4. The van der Waals surface area contributed by atoms with E-state index in [-0.39, 0.29) is 0 Å². The summed E-state index contributed by atoms with van der Waals surface area (Å²) < 4.78 is 13.7. The molecule has 0 N–H and O–H groups in total. The van der Waals surface area contributed by atoms with Gasteiger partial charge in [0.25, 0.3) is 0 Å². The van der Waals surface area contributed by atoms with Crippen molar-refractivity contribution in [2.24, 2.45) is 0 Å². The smallest absolute Gasteiger partial charge is 0.136 e. The van der Waals surface area contributed by atoms with Crippen LogP contribution in [0.2, 0.25) is 0 Å². The quantitative estimate of drug-likeness (QED) is 0.149. The van der Waals surface area contributed by atoms with Crippen LogP contribution in [-0.2, 0) is 0 Å². The molecule has 0 aliphatic rings. The molecule has 434 valence electrons. The molecular weight excluding hydrogens is 1140 g/mol. The highest BCUT2D eigenvalue weighted by Crippen LogP contribution is 2.50. The highest BCUT2D eigenvalue weighted by molar-refractivity contribution is 6.25. The maximum absolute atomic E-state index is 6.87. The van der Waals surface area contributed by atoms with Crippen molar-refractivity contribution >= 4 is 130 Å². The van der Waals surface area contributed by atoms with E-state index < -0.39 is 0 Å². The molecule has 2 aromatic heterocycles. The van der Waals surface area contributed by atoms with E-state index in [9.17, 15) is 0 Å². The van der Waals surface area contributed by atoms with Gasteiger partial charge in [0, 0.05) is 21.5 Å². The topological polar surface area (TPSA) is 26.3 Å². The zero-order valence-electron chi connectivity index (χ0n) is 51.0. The number of rotatable bonds is 7. The van der Waals surface area contributed by atoms with E-state index in [2.05, 4.69) is 328 Å². The lowest BCUT2D eigenvalue weighted by Gasteiger charge is -2.20. The molecule has 2 heteroatoms. The molecule has 0 radical (unpaired) electrons. The first-order valence-electron chi connectivity index (χ1n) is 32.4. The van der Waals surface area contributed by atoms with E-state index in [0.717, 1.165) is 82.3 Å². The molecule has 94 heavy (non-hydrogen) atoms. The molecule has 2 nitrogen and oxygen atoms in total. The third-order valence-corrected chi connectivity index (χ3v) is 20.1. The Balaban J connectivity index is 0.826. The molecular formula is C92H54O2. The van der Waals surface area contributed by atoms with Crippen molar-refractivity contribution in [3.63, 3.8) is 0 Å². The van der Waals surface area contributed by atoms with Gasteiger partial charge in [-0.2, -0.15) is 0 Å². The van der Waals surface area contributed by atoms with Gasteiger partial charge in [-0.3, -0.25) is 0 Å². The van der Waals surface area contributed by atoms with E-state index in [1.165, 1.54) is 126 Å². The summed E-state index contributed by atoms with van der Waals surface area (Å²) in [4.78, 5) is 0. The van der Waals surface area contributed by atoms with E-state index in [4.69, 9.17) is 8.83 Å². The molecule has 20 aromatic rings. The van der Waals surface area contributed by atoms with Gasteiger partial charge in [-0.15, -0.1) is 0 Å². The summed E-state index contributed by atoms with van der Waals surface area (Å²) in [6.45, 7) is 0. The van der Waals surface area contributed by atoms with Crippen LogP contribution in [0.3, 0.4) is 0 Å². The Morgan fingerprint density at radius 3 is 1.02 bits per heavy atom. The summed E-state index contributed by atoms with van der Waals surface area (Å²) in [7, 11) is 0. The largest absolute Gasteiger partial charge is 0.456 e. The summed E-state index contributed by atoms with van der Waals surface area (Å²) in [5, 5.41) is 23.6. The standard InChI is InChI=1S/C92H54O2/c1-2-17-59-45-65(36-31-55(59)15-1)60-23-13-24-68(46-60)90-76-27-10-12-29-78(76)92(70-40-42-74-82-48-62-19-4-6-21-64(62)52-88(82)94-86(74)54-70)84-50-67(38-44-80(84)90)66-37-43-79-83(49-66)91(69-39-41-73-81-47-61-18-3-5-20-63(61)51-87(81)93-85(73)53-69)77-28-11-9-26-75(77)89(79)58-34-32-57(33-35-58)72-30-14-22-56-16-7-8-25-71(56)72/h1-54H. The van der Waals surface area contributed by atoms with Crippen LogP contribution in [0.1, 0.15) is 0 Å². The first-order valence-corrected chi connectivity index (χ1v) is 32.4. The molecule has 2 heterocycles. The Morgan fingerprint density at radius 1 is 0.138 bits per heavy atom. The van der Waals surface area contributed by atoms with Crippen molar-refractivity contribution in [3.05, 3.63) is 328 Å². The summed E-state index contributed by atoms with van der Waals surface area (Å²) in [6.07, 6.45) is 0. The Hall–Kier alpha value is -12.4. The predicted molar refractivity (Wildman–Crippen MR) is 399 cm³/mol. The monoisotopic (exact) mass is 1190 g/mol. The van der Waals surface area contributed by atoms with Crippen LogP contribution in [0.4, 0.5) is 0 Å². The van der Waals surface area contributed by atoms with Crippen LogP contribution in [0.15, 0.2) is 336 Å². The van der Waals surface area contributed by atoms with Gasteiger partial charge in [0.05, 0.1) is 0 Å². The Morgan fingerprint density at radius 2 is 0.468 bits per heavy atom. The van der Waals surface area contributed by atoms with Gasteiger partial charge in [0.1, 0.15) is 22.3 Å². The fraction of sp³-hybridized carbons (Fsp3) is 0. The van der Waals surface area contributed by atoms with Crippen molar-refractivity contribution in [3.8, 4) is 77.9 Å². The van der Waals surface area contributed by atoms with Crippen LogP contribution >= 0.6 is 0 Å². The molecule has 0 bridgehead atoms. The summed E-state index contributed by atoms with van der Waals surface area (Å²) in [6, 6.07) is 121. The number of benzene rings is 18. The van der Waals surface area contributed by atoms with Crippen molar-refractivity contribution in [1.29, 1.82) is 0 Å². The molecule has 0 unspecified atom stereocenters. The Bertz CT molecular complexity index is 6590. The fourth-order valence-corrected chi connectivity index (χ4v) is 15.7. The zero-order valence-corrected chi connectivity index (χ0v) is 51.0. The van der Waals surface area contributed by atoms with Crippen LogP contribution in [-0.4, -0.2) is 0 Å². The number of fused-ring (bicyclic) bond motifs is 14. The van der Waals surface area contributed by atoms with E-state index in [1.807, 2.05) is 0 Å². The van der Waals surface area contributed by atoms with Gasteiger partial charge in [-0.05, 0) is 237 Å². The van der Waals surface area contributed by atoms with Crippen LogP contribution in [0, 0.1) is 0 Å². The second-order valence-electron chi connectivity index (χ2n) is 25.4. The number of hydrogen-bond acceptors (Lipinski definition) is 2. The average molecular weight is 1190 g/mol. The summed E-state index contributed by atoms with van der Waals surface area (Å²) in [5.74, 6) is 0. The molecule has 18 aromatic carbocycles. The highest BCUT2D eigenvalue weighted by Gasteiger charge is 2.23. The third kappa shape index (κ3) is 8.23. The van der Waals surface area contributed by atoms with Gasteiger partial charge >= 0.3 is 0 Å². The van der Waals surface area contributed by atoms with Gasteiger partial charge < -0.3 is 8.83 Å². The number of hydrogen-bond donors (Lipinski definition) is 0. The minimum Gasteiger partial charge on any atom is -0.456 e. The van der Waals surface area contributed by atoms with Crippen molar-refractivity contribution in [2.45, 2.75) is 0 Å². The molecule has 0 atom stereocenters. The maximum atomic E-state index is 6.87. The molecule has 20 rings (SSSR count). The van der Waals surface area contributed by atoms with E-state index >= 15 is 0 Å². The first kappa shape index (κ1) is 52.4. The molecule has 0 saturated heterocycles. The van der Waals surface area contributed by atoms with Crippen LogP contribution in [0.25, 0.3) is 208 Å². The minimum atomic E-state index is 0.867. The average Bonchev–Trinajstić information content (AvgIpc) is 0.947. The predicted octanol–water partition coefficient (Wildman–Crippen LogP) is 26.4. The normalized spacial score (nSPS) is 12.0. The van der Waals surface area contributed by atoms with Crippen molar-refractivity contribution in [1.82, 2.24) is 0 Å². The minimum absolute atomic E-state index is 0.867. The maximum Gasteiger partial charge on any atom is 0.136 e. The fourth-order valence-electron chi connectivity index (χ4n) is 15.7. The third-order valence-electron chi connectivity index (χ3n) is 20.1. The molecule has 0 saturated carbocycles. The molecule has 0 amide bonds. The number of furan rings is 2. The van der Waals surface area contributed by atoms with E-state index in [0.29, 0.717) is 0 Å².